The number of thioether (sulfide) groups is 1. The lowest BCUT2D eigenvalue weighted by atomic mass is 10.0. The van der Waals surface area contributed by atoms with Gasteiger partial charge in [0.25, 0.3) is 0 Å². The molecule has 2 aromatic rings. The van der Waals surface area contributed by atoms with E-state index < -0.39 is 0 Å². The van der Waals surface area contributed by atoms with E-state index in [1.165, 1.54) is 10.0 Å². The average molecular weight is 301 g/mol. The smallest absolute Gasteiger partial charge is 0.160 e. The number of fused-ring (bicyclic) bond motifs is 1. The van der Waals surface area contributed by atoms with Crippen molar-refractivity contribution in [2.45, 2.75) is 24.3 Å². The van der Waals surface area contributed by atoms with Crippen molar-refractivity contribution in [1.82, 2.24) is 9.88 Å². The van der Waals surface area contributed by atoms with E-state index in [2.05, 4.69) is 40.4 Å². The van der Waals surface area contributed by atoms with Crippen molar-refractivity contribution in [3.8, 4) is 0 Å². The largest absolute Gasteiger partial charge is 0.340 e. The Morgan fingerprint density at radius 3 is 2.95 bits per heavy atom. The van der Waals surface area contributed by atoms with E-state index >= 15 is 0 Å². The van der Waals surface area contributed by atoms with E-state index in [1.807, 2.05) is 41.4 Å². The highest BCUT2D eigenvalue weighted by atomic mass is 32.2. The second-order valence-corrected chi connectivity index (χ2v) is 7.54. The zero-order chi connectivity index (χ0) is 13.5. The Morgan fingerprint density at radius 2 is 2.20 bits per heavy atom. The third kappa shape index (κ3) is 1.96. The summed E-state index contributed by atoms with van der Waals surface area (Å²) >= 11 is 3.71. The van der Waals surface area contributed by atoms with Crippen LogP contribution < -0.4 is 0 Å². The zero-order valence-electron chi connectivity index (χ0n) is 11.1. The Hall–Kier alpha value is -1.33. The van der Waals surface area contributed by atoms with Gasteiger partial charge in [0, 0.05) is 22.9 Å². The van der Waals surface area contributed by atoms with Crippen molar-refractivity contribution >= 4 is 28.3 Å². The number of thiophene rings is 1. The molecule has 3 nitrogen and oxygen atoms in total. The summed E-state index contributed by atoms with van der Waals surface area (Å²) in [5.41, 5.74) is 1.07. The first-order valence-corrected chi connectivity index (χ1v) is 8.54. The summed E-state index contributed by atoms with van der Waals surface area (Å²) in [5.74, 6) is 0. The summed E-state index contributed by atoms with van der Waals surface area (Å²) in [6, 6.07) is 10.9. The second-order valence-electron chi connectivity index (χ2n) is 5.15. The van der Waals surface area contributed by atoms with E-state index in [4.69, 9.17) is 4.99 Å². The Kier molecular flexibility index (Phi) is 3.04. The van der Waals surface area contributed by atoms with Gasteiger partial charge in [-0.1, -0.05) is 30.8 Å². The van der Waals surface area contributed by atoms with Gasteiger partial charge in [-0.05, 0) is 23.6 Å². The van der Waals surface area contributed by atoms with Gasteiger partial charge in [-0.25, -0.2) is 0 Å². The molecule has 3 atom stereocenters. The molecule has 2 aliphatic rings. The zero-order valence-corrected chi connectivity index (χ0v) is 12.8. The summed E-state index contributed by atoms with van der Waals surface area (Å²) in [4.78, 5) is 13.3. The number of hydrogen-bond donors (Lipinski definition) is 0. The number of amidine groups is 1. The Balaban J connectivity index is 1.77. The molecule has 1 saturated heterocycles. The van der Waals surface area contributed by atoms with Crippen LogP contribution in [0.4, 0.5) is 0 Å². The van der Waals surface area contributed by atoms with Gasteiger partial charge in [-0.3, -0.25) is 9.98 Å². The molecule has 0 bridgehead atoms. The first kappa shape index (κ1) is 12.4. The molecule has 0 aromatic carbocycles. The minimum Gasteiger partial charge on any atom is -0.340 e. The summed E-state index contributed by atoms with van der Waals surface area (Å²) < 4.78 is 0. The first-order chi connectivity index (χ1) is 9.83. The van der Waals surface area contributed by atoms with Gasteiger partial charge in [0.1, 0.15) is 6.04 Å². The van der Waals surface area contributed by atoms with Gasteiger partial charge in [0.05, 0.1) is 11.7 Å². The van der Waals surface area contributed by atoms with Crippen LogP contribution in [-0.2, 0) is 0 Å². The summed E-state index contributed by atoms with van der Waals surface area (Å²) in [6.07, 6.45) is 1.86. The van der Waals surface area contributed by atoms with Crippen LogP contribution in [0.25, 0.3) is 0 Å². The third-order valence-corrected chi connectivity index (χ3v) is 5.76. The molecule has 2 aliphatic heterocycles. The second kappa shape index (κ2) is 4.90. The van der Waals surface area contributed by atoms with Crippen LogP contribution in [0, 0.1) is 0 Å². The molecule has 0 aliphatic carbocycles. The first-order valence-electron chi connectivity index (χ1n) is 6.78. The minimum atomic E-state index is 0.129. The molecule has 4 heterocycles. The van der Waals surface area contributed by atoms with Crippen LogP contribution in [-0.4, -0.2) is 26.8 Å². The Labute approximate surface area is 126 Å². The maximum absolute atomic E-state index is 4.96. The van der Waals surface area contributed by atoms with Crippen molar-refractivity contribution in [3.63, 3.8) is 0 Å². The number of aliphatic imine (C=N–C) groups is 1. The van der Waals surface area contributed by atoms with Crippen molar-refractivity contribution in [1.29, 1.82) is 0 Å². The van der Waals surface area contributed by atoms with Crippen LogP contribution in [0.5, 0.6) is 0 Å². The molecule has 5 heteroatoms. The predicted octanol–water partition coefficient (Wildman–Crippen LogP) is 3.73. The van der Waals surface area contributed by atoms with Crippen LogP contribution in [0.15, 0.2) is 46.9 Å². The molecule has 0 N–H and O–H groups in total. The van der Waals surface area contributed by atoms with Crippen molar-refractivity contribution in [2.75, 3.05) is 6.54 Å². The van der Waals surface area contributed by atoms with Gasteiger partial charge in [0.15, 0.2) is 5.17 Å². The van der Waals surface area contributed by atoms with E-state index in [0.717, 1.165) is 12.2 Å². The standard InChI is InChI=1S/C15H15N3S2/c1-10-9-18-14(12-6-4-8-19-12)13(17-15(18)20-10)11-5-2-3-7-16-11/h2-8,10,13-14H,9H2,1H3/t10-,13-,14-/m0/s1. The summed E-state index contributed by atoms with van der Waals surface area (Å²) in [5, 5.41) is 3.96. The fourth-order valence-corrected chi connectivity index (χ4v) is 4.84. The number of rotatable bonds is 2. The number of nitrogens with zero attached hydrogens (tertiary/aromatic N) is 3. The predicted molar refractivity (Wildman–Crippen MR) is 85.2 cm³/mol. The molecule has 0 radical (unpaired) electrons. The molecule has 0 unspecified atom stereocenters. The van der Waals surface area contributed by atoms with E-state index in [0.29, 0.717) is 11.3 Å². The maximum Gasteiger partial charge on any atom is 0.160 e. The van der Waals surface area contributed by atoms with Crippen molar-refractivity contribution < 1.29 is 0 Å². The van der Waals surface area contributed by atoms with E-state index in [9.17, 15) is 0 Å². The fraction of sp³-hybridized carbons (Fsp3) is 0.333. The molecule has 0 spiro atoms. The normalized spacial score (nSPS) is 28.6. The fourth-order valence-electron chi connectivity index (χ4n) is 2.88. The van der Waals surface area contributed by atoms with Crippen LogP contribution >= 0.6 is 23.1 Å². The lowest BCUT2D eigenvalue weighted by Gasteiger charge is -2.25. The lowest BCUT2D eigenvalue weighted by Crippen LogP contribution is -2.27. The highest BCUT2D eigenvalue weighted by molar-refractivity contribution is 8.14. The molecule has 102 valence electrons. The maximum atomic E-state index is 4.96. The minimum absolute atomic E-state index is 0.129. The molecule has 4 rings (SSSR count). The highest BCUT2D eigenvalue weighted by Crippen LogP contribution is 2.48. The monoisotopic (exact) mass is 301 g/mol. The van der Waals surface area contributed by atoms with Crippen molar-refractivity contribution in [2.24, 2.45) is 4.99 Å². The third-order valence-electron chi connectivity index (χ3n) is 3.72. The SMILES string of the molecule is C[C@H]1CN2C(=N[C@@H](c3ccccn3)[C@@H]2c2cccs2)S1. The van der Waals surface area contributed by atoms with Crippen LogP contribution in [0.3, 0.4) is 0 Å². The Morgan fingerprint density at radius 1 is 1.25 bits per heavy atom. The van der Waals surface area contributed by atoms with Crippen LogP contribution in [0.2, 0.25) is 0 Å². The molecule has 0 saturated carbocycles. The topological polar surface area (TPSA) is 28.5 Å². The van der Waals surface area contributed by atoms with Crippen molar-refractivity contribution in [3.05, 3.63) is 52.5 Å². The lowest BCUT2D eigenvalue weighted by molar-refractivity contribution is 0.326. The van der Waals surface area contributed by atoms with Gasteiger partial charge >= 0.3 is 0 Å². The van der Waals surface area contributed by atoms with Gasteiger partial charge in [-0.2, -0.15) is 0 Å². The molecular weight excluding hydrogens is 286 g/mol. The quantitative estimate of drug-likeness (QED) is 0.846. The number of hydrogen-bond acceptors (Lipinski definition) is 5. The molecule has 0 amide bonds. The van der Waals surface area contributed by atoms with Crippen LogP contribution in [0.1, 0.15) is 29.6 Å². The molecule has 1 fully saturated rings. The molecule has 2 aromatic heterocycles. The van der Waals surface area contributed by atoms with E-state index in [1.54, 1.807) is 0 Å². The van der Waals surface area contributed by atoms with Gasteiger partial charge < -0.3 is 4.90 Å². The van der Waals surface area contributed by atoms with Gasteiger partial charge in [-0.15, -0.1) is 11.3 Å². The van der Waals surface area contributed by atoms with Gasteiger partial charge in [0.2, 0.25) is 0 Å². The number of pyridine rings is 1. The Bertz CT molecular complexity index is 624. The molecule has 20 heavy (non-hydrogen) atoms. The average Bonchev–Trinajstić information content (AvgIpc) is 3.14. The molecular formula is C15H15N3S2. The van der Waals surface area contributed by atoms with E-state index in [-0.39, 0.29) is 6.04 Å². The highest BCUT2D eigenvalue weighted by Gasteiger charge is 2.43. The summed E-state index contributed by atoms with van der Waals surface area (Å²) in [6.45, 7) is 3.35. The number of aromatic nitrogens is 1. The summed E-state index contributed by atoms with van der Waals surface area (Å²) in [7, 11) is 0.